The first-order valence-corrected chi connectivity index (χ1v) is 16.1. The minimum Gasteiger partial charge on any atom is -0.228 e. The highest BCUT2D eigenvalue weighted by Crippen LogP contribution is 2.34. The van der Waals surface area contributed by atoms with Gasteiger partial charge in [-0.05, 0) is 51.2 Å². The van der Waals surface area contributed by atoms with E-state index < -0.39 is 8.07 Å². The summed E-state index contributed by atoms with van der Waals surface area (Å²) in [7, 11) is -1.96. The lowest BCUT2D eigenvalue weighted by Gasteiger charge is -2.21. The van der Waals surface area contributed by atoms with Crippen molar-refractivity contribution >= 4 is 24.0 Å². The molecule has 6 rings (SSSR count). The van der Waals surface area contributed by atoms with E-state index in [4.69, 9.17) is 9.97 Å². The van der Waals surface area contributed by atoms with E-state index in [0.717, 1.165) is 51.5 Å². The van der Waals surface area contributed by atoms with Crippen LogP contribution in [0.4, 0.5) is 0 Å². The lowest BCUT2D eigenvalue weighted by Crippen LogP contribution is -2.50. The van der Waals surface area contributed by atoms with E-state index in [1.165, 1.54) is 15.9 Å². The highest BCUT2D eigenvalue weighted by molar-refractivity contribution is 7.04. The molecule has 0 N–H and O–H groups in total. The molecule has 1 aliphatic carbocycles. The first-order valence-electron chi connectivity index (χ1n) is 13.1. The van der Waals surface area contributed by atoms with E-state index in [0.29, 0.717) is 0 Å². The molecule has 3 heteroatoms. The van der Waals surface area contributed by atoms with Crippen molar-refractivity contribution in [2.75, 3.05) is 0 Å². The molecule has 0 unspecified atom stereocenters. The van der Waals surface area contributed by atoms with Crippen molar-refractivity contribution in [3.8, 4) is 33.9 Å². The normalized spacial score (nSPS) is 18.2. The Kier molecular flexibility index (Phi) is 6.22. The van der Waals surface area contributed by atoms with Crippen LogP contribution < -0.4 is 10.4 Å². The minimum absolute atomic E-state index is 0.761. The Bertz CT molecular complexity index is 1670. The largest absolute Gasteiger partial charge is 0.228 e. The van der Waals surface area contributed by atoms with Crippen LogP contribution in [0.15, 0.2) is 134 Å². The topological polar surface area (TPSA) is 25.8 Å². The van der Waals surface area contributed by atoms with E-state index in [1.807, 2.05) is 12.2 Å². The standard InChI is InChI=1S/C35H30N2Si/c1-25-15-8-5-4-6-9-18-27(23-25)28-19-14-20-29(24-28)35-36-32(26-16-10-7-11-17-26)34-33(37-35)30-21-12-13-22-31(30)38(34,2)3/h4-5,7-24H,1,6H2,2-3H3/b5-4-,15-8-,18-9-,27-23?. The van der Waals surface area contributed by atoms with Gasteiger partial charge in [-0.1, -0.05) is 129 Å². The molecule has 38 heavy (non-hydrogen) atoms. The molecule has 0 atom stereocenters. The molecule has 184 valence electrons. The summed E-state index contributed by atoms with van der Waals surface area (Å²) >= 11 is 0. The summed E-state index contributed by atoms with van der Waals surface area (Å²) in [4.78, 5) is 10.5. The Hall–Kier alpha value is -4.34. The van der Waals surface area contributed by atoms with Crippen molar-refractivity contribution in [3.05, 3.63) is 139 Å². The van der Waals surface area contributed by atoms with Gasteiger partial charge < -0.3 is 0 Å². The van der Waals surface area contributed by atoms with Gasteiger partial charge in [0.1, 0.15) is 8.07 Å². The van der Waals surface area contributed by atoms with Crippen molar-refractivity contribution in [1.29, 1.82) is 0 Å². The van der Waals surface area contributed by atoms with Crippen LogP contribution in [0.25, 0.3) is 39.5 Å². The Morgan fingerprint density at radius 3 is 2.32 bits per heavy atom. The molecule has 1 aromatic heterocycles. The van der Waals surface area contributed by atoms with E-state index in [9.17, 15) is 0 Å². The molecule has 3 aromatic carbocycles. The maximum absolute atomic E-state index is 5.27. The number of allylic oxidation sites excluding steroid dienone is 9. The van der Waals surface area contributed by atoms with Gasteiger partial charge in [-0.3, -0.25) is 0 Å². The van der Waals surface area contributed by atoms with Gasteiger partial charge in [0.25, 0.3) is 0 Å². The summed E-state index contributed by atoms with van der Waals surface area (Å²) < 4.78 is 0. The molecule has 1 aliphatic heterocycles. The Labute approximate surface area is 226 Å². The molecule has 2 nitrogen and oxygen atoms in total. The molecule has 0 radical (unpaired) electrons. The zero-order chi connectivity index (χ0) is 26.1. The molecular weight excluding hydrogens is 476 g/mol. The number of benzene rings is 3. The zero-order valence-corrected chi connectivity index (χ0v) is 22.9. The second-order valence-corrected chi connectivity index (χ2v) is 14.6. The molecule has 0 amide bonds. The predicted octanol–water partition coefficient (Wildman–Crippen LogP) is 7.63. The third kappa shape index (κ3) is 4.35. The quantitative estimate of drug-likeness (QED) is 0.267. The maximum Gasteiger partial charge on any atom is 0.160 e. The molecule has 0 saturated heterocycles. The lowest BCUT2D eigenvalue weighted by molar-refractivity contribution is 1.20. The summed E-state index contributed by atoms with van der Waals surface area (Å²) in [5.41, 5.74) is 8.78. The number of nitrogens with zero attached hydrogens (tertiary/aromatic N) is 2. The fourth-order valence-electron chi connectivity index (χ4n) is 5.47. The predicted molar refractivity (Wildman–Crippen MR) is 164 cm³/mol. The minimum atomic E-state index is -1.96. The fraction of sp³-hybridized carbons (Fsp3) is 0.0857. The van der Waals surface area contributed by atoms with E-state index in [1.54, 1.807) is 0 Å². The highest BCUT2D eigenvalue weighted by atomic mass is 28.3. The van der Waals surface area contributed by atoms with Crippen LogP contribution in [-0.2, 0) is 0 Å². The average Bonchev–Trinajstić information content (AvgIpc) is 3.19. The van der Waals surface area contributed by atoms with Crippen LogP contribution in [0.3, 0.4) is 0 Å². The molecule has 0 spiro atoms. The second kappa shape index (κ2) is 9.84. The Balaban J connectivity index is 1.54. The maximum atomic E-state index is 5.27. The summed E-state index contributed by atoms with van der Waals surface area (Å²) in [6.45, 7) is 9.05. The van der Waals surface area contributed by atoms with Crippen LogP contribution >= 0.6 is 0 Å². The molecule has 2 heterocycles. The second-order valence-electron chi connectivity index (χ2n) is 10.3. The zero-order valence-electron chi connectivity index (χ0n) is 21.9. The average molecular weight is 507 g/mol. The Morgan fingerprint density at radius 1 is 0.711 bits per heavy atom. The first kappa shape index (κ1) is 24.0. The lowest BCUT2D eigenvalue weighted by atomic mass is 9.99. The smallest absolute Gasteiger partial charge is 0.160 e. The van der Waals surface area contributed by atoms with Crippen LogP contribution in [0.2, 0.25) is 13.1 Å². The number of fused-ring (bicyclic) bond motifs is 3. The molecular formula is C35H30N2Si. The van der Waals surface area contributed by atoms with Crippen LogP contribution in [0.5, 0.6) is 0 Å². The van der Waals surface area contributed by atoms with Gasteiger partial charge in [0.15, 0.2) is 5.82 Å². The van der Waals surface area contributed by atoms with Gasteiger partial charge in [-0.15, -0.1) is 0 Å². The van der Waals surface area contributed by atoms with Crippen molar-refractivity contribution < 1.29 is 0 Å². The highest BCUT2D eigenvalue weighted by Gasteiger charge is 2.41. The van der Waals surface area contributed by atoms with Crippen molar-refractivity contribution in [3.63, 3.8) is 0 Å². The van der Waals surface area contributed by atoms with Gasteiger partial charge in [0.2, 0.25) is 0 Å². The van der Waals surface area contributed by atoms with Crippen molar-refractivity contribution in [2.24, 2.45) is 0 Å². The summed E-state index contributed by atoms with van der Waals surface area (Å²) in [6.07, 6.45) is 15.7. The third-order valence-electron chi connectivity index (χ3n) is 7.36. The van der Waals surface area contributed by atoms with Gasteiger partial charge in [-0.2, -0.15) is 0 Å². The number of rotatable bonds is 3. The van der Waals surface area contributed by atoms with Crippen molar-refractivity contribution in [1.82, 2.24) is 9.97 Å². The van der Waals surface area contributed by atoms with Gasteiger partial charge in [0, 0.05) is 11.1 Å². The number of aromatic nitrogens is 2. The van der Waals surface area contributed by atoms with Crippen molar-refractivity contribution in [2.45, 2.75) is 19.5 Å². The first-order chi connectivity index (χ1) is 18.5. The van der Waals surface area contributed by atoms with Gasteiger partial charge in [0.05, 0.1) is 11.4 Å². The summed E-state index contributed by atoms with van der Waals surface area (Å²) in [6, 6.07) is 27.9. The fourth-order valence-corrected chi connectivity index (χ4v) is 8.71. The van der Waals surface area contributed by atoms with E-state index in [2.05, 4.69) is 129 Å². The van der Waals surface area contributed by atoms with Crippen LogP contribution in [0, 0.1) is 0 Å². The summed E-state index contributed by atoms with van der Waals surface area (Å²) in [5.74, 6) is 0.761. The molecule has 0 saturated carbocycles. The summed E-state index contributed by atoms with van der Waals surface area (Å²) in [5, 5.41) is 2.77. The molecule has 2 aliphatic rings. The van der Waals surface area contributed by atoms with E-state index in [-0.39, 0.29) is 0 Å². The van der Waals surface area contributed by atoms with E-state index >= 15 is 0 Å². The molecule has 4 aromatic rings. The van der Waals surface area contributed by atoms with Gasteiger partial charge in [-0.25, -0.2) is 9.97 Å². The van der Waals surface area contributed by atoms with Crippen LogP contribution in [0.1, 0.15) is 12.0 Å². The number of hydrogen-bond donors (Lipinski definition) is 0. The monoisotopic (exact) mass is 506 g/mol. The molecule has 0 fully saturated rings. The molecule has 0 bridgehead atoms. The van der Waals surface area contributed by atoms with Crippen LogP contribution in [-0.4, -0.2) is 18.0 Å². The third-order valence-corrected chi connectivity index (χ3v) is 10.9. The SMILES string of the molecule is C=C1C=C(c2cccc(-c3nc(-c4ccccc4)c4c(n3)-c3ccccc3[Si]4(C)C)c2)/C=C\C/C=C\C=C/1. The Morgan fingerprint density at radius 2 is 1.45 bits per heavy atom. The number of hydrogen-bond acceptors (Lipinski definition) is 2. The van der Waals surface area contributed by atoms with Gasteiger partial charge >= 0.3 is 0 Å².